The summed E-state index contributed by atoms with van der Waals surface area (Å²) in [6.45, 7) is 3.28. The summed E-state index contributed by atoms with van der Waals surface area (Å²) in [5.74, 6) is 0.351. The zero-order chi connectivity index (χ0) is 15.4. The van der Waals surface area contributed by atoms with Crippen molar-refractivity contribution in [3.8, 4) is 5.75 Å². The molecular formula is C17H20ClNO2S. The summed E-state index contributed by atoms with van der Waals surface area (Å²) in [6, 6.07) is 11.5. The van der Waals surface area contributed by atoms with Crippen LogP contribution in [-0.2, 0) is 17.8 Å². The van der Waals surface area contributed by atoms with Crippen molar-refractivity contribution < 1.29 is 9.84 Å². The highest BCUT2D eigenvalue weighted by molar-refractivity contribution is 7.16. The van der Waals surface area contributed by atoms with E-state index in [-0.39, 0.29) is 0 Å². The molecule has 3 nitrogen and oxygen atoms in total. The van der Waals surface area contributed by atoms with Crippen molar-refractivity contribution >= 4 is 22.9 Å². The fraction of sp³-hybridized carbons (Fsp3) is 0.412. The lowest BCUT2D eigenvalue weighted by atomic mass is 10.1. The monoisotopic (exact) mass is 337 g/mol. The Hall–Kier alpha value is -1.07. The Kier molecular flexibility index (Phi) is 5.37. The molecule has 1 aliphatic heterocycles. The fourth-order valence-corrected chi connectivity index (χ4v) is 3.93. The number of para-hydroxylation sites is 1. The molecule has 1 N–H and O–H groups in total. The number of hydrogen-bond acceptors (Lipinski definition) is 4. The standard InChI is InChI=1S/C17H20ClNO2S/c18-17-8-7-15(22-17)12-19(11-14-5-3-9-21-14)10-13-4-1-2-6-16(13)20/h1-2,4,6-8,14,20H,3,5,9-12H2/t14-/m0/s1. The number of phenols is 1. The summed E-state index contributed by atoms with van der Waals surface area (Å²) in [7, 11) is 0. The van der Waals surface area contributed by atoms with Gasteiger partial charge < -0.3 is 9.84 Å². The number of nitrogens with zero attached hydrogens (tertiary/aromatic N) is 1. The molecule has 0 amide bonds. The average molecular weight is 338 g/mol. The molecule has 22 heavy (non-hydrogen) atoms. The number of ether oxygens (including phenoxy) is 1. The van der Waals surface area contributed by atoms with Crippen LogP contribution >= 0.6 is 22.9 Å². The average Bonchev–Trinajstić information content (AvgIpc) is 3.13. The maximum atomic E-state index is 10.0. The maximum Gasteiger partial charge on any atom is 0.120 e. The molecule has 0 saturated carbocycles. The van der Waals surface area contributed by atoms with Crippen LogP contribution in [-0.4, -0.2) is 29.3 Å². The first-order chi connectivity index (χ1) is 10.7. The normalized spacial score (nSPS) is 18.2. The molecule has 1 fully saturated rings. The Morgan fingerprint density at radius 2 is 2.09 bits per heavy atom. The second-order valence-corrected chi connectivity index (χ2v) is 7.44. The van der Waals surface area contributed by atoms with E-state index in [0.717, 1.165) is 42.4 Å². The molecule has 1 aromatic heterocycles. The third kappa shape index (κ3) is 4.23. The third-order valence-corrected chi connectivity index (χ3v) is 5.10. The van der Waals surface area contributed by atoms with Gasteiger partial charge in [-0.15, -0.1) is 11.3 Å². The van der Waals surface area contributed by atoms with E-state index >= 15 is 0 Å². The van der Waals surface area contributed by atoms with Crippen molar-refractivity contribution in [3.63, 3.8) is 0 Å². The van der Waals surface area contributed by atoms with Crippen molar-refractivity contribution in [2.75, 3.05) is 13.2 Å². The van der Waals surface area contributed by atoms with Gasteiger partial charge in [-0.2, -0.15) is 0 Å². The van der Waals surface area contributed by atoms with Gasteiger partial charge in [0.05, 0.1) is 10.4 Å². The molecule has 0 radical (unpaired) electrons. The summed E-state index contributed by atoms with van der Waals surface area (Å²) in [6.07, 6.45) is 2.55. The Morgan fingerprint density at radius 1 is 1.23 bits per heavy atom. The van der Waals surface area contributed by atoms with E-state index in [4.69, 9.17) is 16.3 Å². The molecule has 0 aliphatic carbocycles. The number of aromatic hydroxyl groups is 1. The van der Waals surface area contributed by atoms with Crippen LogP contribution in [0.3, 0.4) is 0 Å². The zero-order valence-corrected chi connectivity index (χ0v) is 13.9. The van der Waals surface area contributed by atoms with Gasteiger partial charge in [-0.3, -0.25) is 4.90 Å². The van der Waals surface area contributed by atoms with Crippen LogP contribution < -0.4 is 0 Å². The molecule has 1 aromatic carbocycles. The van der Waals surface area contributed by atoms with Gasteiger partial charge in [-0.25, -0.2) is 0 Å². The van der Waals surface area contributed by atoms with Crippen LogP contribution in [0.2, 0.25) is 4.34 Å². The minimum atomic E-state index is 0.293. The quantitative estimate of drug-likeness (QED) is 0.853. The molecule has 3 rings (SSSR count). The van der Waals surface area contributed by atoms with Crippen LogP contribution in [0.4, 0.5) is 0 Å². The van der Waals surface area contributed by atoms with E-state index in [1.807, 2.05) is 24.3 Å². The summed E-state index contributed by atoms with van der Waals surface area (Å²) >= 11 is 7.64. The molecule has 0 unspecified atom stereocenters. The van der Waals surface area contributed by atoms with Crippen molar-refractivity contribution in [1.82, 2.24) is 4.90 Å². The molecule has 0 bridgehead atoms. The van der Waals surface area contributed by atoms with E-state index in [9.17, 15) is 5.11 Å². The second kappa shape index (κ2) is 7.47. The first kappa shape index (κ1) is 15.8. The maximum absolute atomic E-state index is 10.0. The van der Waals surface area contributed by atoms with Crippen LogP contribution in [0.5, 0.6) is 5.75 Å². The molecule has 1 aliphatic rings. The van der Waals surface area contributed by atoms with Gasteiger partial charge in [0.2, 0.25) is 0 Å². The van der Waals surface area contributed by atoms with Crippen molar-refractivity contribution in [3.05, 3.63) is 51.2 Å². The van der Waals surface area contributed by atoms with Gasteiger partial charge in [-0.05, 0) is 31.0 Å². The highest BCUT2D eigenvalue weighted by Gasteiger charge is 2.20. The minimum absolute atomic E-state index is 0.293. The Bertz CT molecular complexity index is 610. The Balaban J connectivity index is 1.71. The van der Waals surface area contributed by atoms with E-state index in [1.54, 1.807) is 17.4 Å². The van der Waals surface area contributed by atoms with Gasteiger partial charge in [-0.1, -0.05) is 29.8 Å². The summed E-state index contributed by atoms with van der Waals surface area (Å²) in [5, 5.41) is 10.0. The molecule has 5 heteroatoms. The Morgan fingerprint density at radius 3 is 2.77 bits per heavy atom. The van der Waals surface area contributed by atoms with Crippen molar-refractivity contribution in [2.45, 2.75) is 32.0 Å². The molecule has 2 aromatic rings. The number of thiophene rings is 1. The van der Waals surface area contributed by atoms with E-state index < -0.39 is 0 Å². The second-order valence-electron chi connectivity index (χ2n) is 5.64. The van der Waals surface area contributed by atoms with Gasteiger partial charge in [0, 0.05) is 36.7 Å². The first-order valence-corrected chi connectivity index (χ1v) is 8.75. The summed E-state index contributed by atoms with van der Waals surface area (Å²) in [5.41, 5.74) is 0.947. The topological polar surface area (TPSA) is 32.7 Å². The van der Waals surface area contributed by atoms with Gasteiger partial charge in [0.25, 0.3) is 0 Å². The minimum Gasteiger partial charge on any atom is -0.508 e. The summed E-state index contributed by atoms with van der Waals surface area (Å²) in [4.78, 5) is 3.56. The largest absolute Gasteiger partial charge is 0.508 e. The van der Waals surface area contributed by atoms with E-state index in [0.29, 0.717) is 18.4 Å². The number of halogens is 1. The smallest absolute Gasteiger partial charge is 0.120 e. The number of benzene rings is 1. The first-order valence-electron chi connectivity index (χ1n) is 7.56. The SMILES string of the molecule is Oc1ccccc1CN(Cc1ccc(Cl)s1)C[C@@H]1CCCO1. The number of phenolic OH excluding ortho intramolecular Hbond substituents is 1. The van der Waals surface area contributed by atoms with Crippen molar-refractivity contribution in [1.29, 1.82) is 0 Å². The van der Waals surface area contributed by atoms with Gasteiger partial charge in [0.1, 0.15) is 5.75 Å². The highest BCUT2D eigenvalue weighted by Crippen LogP contribution is 2.26. The molecule has 1 atom stereocenters. The predicted molar refractivity (Wildman–Crippen MR) is 90.5 cm³/mol. The number of hydrogen-bond donors (Lipinski definition) is 1. The lowest BCUT2D eigenvalue weighted by Crippen LogP contribution is -2.31. The molecular weight excluding hydrogens is 318 g/mol. The molecule has 2 heterocycles. The lowest BCUT2D eigenvalue weighted by Gasteiger charge is -2.25. The molecule has 1 saturated heterocycles. The zero-order valence-electron chi connectivity index (χ0n) is 12.4. The van der Waals surface area contributed by atoms with Crippen LogP contribution in [0, 0.1) is 0 Å². The Labute approximate surface area is 140 Å². The highest BCUT2D eigenvalue weighted by atomic mass is 35.5. The number of rotatable bonds is 6. The summed E-state index contributed by atoms with van der Waals surface area (Å²) < 4.78 is 6.58. The van der Waals surface area contributed by atoms with Gasteiger partial charge in [0.15, 0.2) is 0 Å². The van der Waals surface area contributed by atoms with Crippen molar-refractivity contribution in [2.24, 2.45) is 0 Å². The molecule has 118 valence electrons. The van der Waals surface area contributed by atoms with Crippen LogP contribution in [0.15, 0.2) is 36.4 Å². The van der Waals surface area contributed by atoms with Crippen LogP contribution in [0.1, 0.15) is 23.3 Å². The van der Waals surface area contributed by atoms with E-state index in [1.165, 1.54) is 4.88 Å². The third-order valence-electron chi connectivity index (χ3n) is 3.88. The lowest BCUT2D eigenvalue weighted by molar-refractivity contribution is 0.0680. The van der Waals surface area contributed by atoms with E-state index in [2.05, 4.69) is 11.0 Å². The fourth-order valence-electron chi connectivity index (χ4n) is 2.80. The molecule has 0 spiro atoms. The predicted octanol–water partition coefficient (Wildman–Crippen LogP) is 4.29. The van der Waals surface area contributed by atoms with Gasteiger partial charge >= 0.3 is 0 Å². The van der Waals surface area contributed by atoms with Crippen LogP contribution in [0.25, 0.3) is 0 Å².